The molecule has 4 rings (SSSR count). The van der Waals surface area contributed by atoms with Gasteiger partial charge in [-0.3, -0.25) is 9.78 Å². The van der Waals surface area contributed by atoms with Crippen LogP contribution in [0.3, 0.4) is 0 Å². The first-order chi connectivity index (χ1) is 17.8. The predicted octanol–water partition coefficient (Wildman–Crippen LogP) is 3.78. The average molecular weight is 517 g/mol. The monoisotopic (exact) mass is 516 g/mol. The number of aliphatic hydroxyl groups excluding tert-OH is 1. The molecule has 2 heterocycles. The van der Waals surface area contributed by atoms with Gasteiger partial charge >= 0.3 is 0 Å². The molecule has 2 aromatic heterocycles. The van der Waals surface area contributed by atoms with Gasteiger partial charge < -0.3 is 15.0 Å². The Balaban J connectivity index is 1.55. The molecule has 1 atom stereocenters. The number of rotatable bonds is 9. The third-order valence-electron chi connectivity index (χ3n) is 6.38. The molecule has 1 amide bonds. The van der Waals surface area contributed by atoms with Crippen LogP contribution in [0.25, 0.3) is 10.9 Å². The number of hydrogen-bond donors (Lipinski definition) is 2. The lowest BCUT2D eigenvalue weighted by Crippen LogP contribution is -2.31. The molecule has 0 bridgehead atoms. The second-order valence-electron chi connectivity index (χ2n) is 8.67. The number of benzene rings is 2. The second-order valence-corrected chi connectivity index (χ2v) is 10.9. The Kier molecular flexibility index (Phi) is 7.71. The maximum Gasteiger partial charge on any atom is 0.251 e. The summed E-state index contributed by atoms with van der Waals surface area (Å²) >= 11 is 0. The first-order valence-electron chi connectivity index (χ1n) is 12.0. The lowest BCUT2D eigenvalue weighted by Gasteiger charge is -2.16. The first kappa shape index (κ1) is 26.1. The molecule has 4 aromatic rings. The van der Waals surface area contributed by atoms with Gasteiger partial charge in [0.1, 0.15) is 0 Å². The number of sulfone groups is 1. The van der Waals surface area contributed by atoms with Crippen molar-refractivity contribution in [2.75, 3.05) is 12.4 Å². The first-order valence-corrected chi connectivity index (χ1v) is 13.7. The summed E-state index contributed by atoms with van der Waals surface area (Å²) in [7, 11) is -3.39. The molecule has 0 fully saturated rings. The highest BCUT2D eigenvalue weighted by Crippen LogP contribution is 2.24. The van der Waals surface area contributed by atoms with Crippen LogP contribution >= 0.6 is 0 Å². The van der Waals surface area contributed by atoms with Crippen LogP contribution in [-0.4, -0.2) is 41.3 Å². The van der Waals surface area contributed by atoms with Crippen LogP contribution in [0.1, 0.15) is 52.8 Å². The second kappa shape index (κ2) is 10.9. The van der Waals surface area contributed by atoms with E-state index in [-0.39, 0.29) is 23.2 Å². The van der Waals surface area contributed by atoms with E-state index in [0.717, 1.165) is 28.7 Å². The van der Waals surface area contributed by atoms with Gasteiger partial charge in [0.15, 0.2) is 9.84 Å². The van der Waals surface area contributed by atoms with Gasteiger partial charge in [-0.2, -0.15) is 5.26 Å². The van der Waals surface area contributed by atoms with Gasteiger partial charge in [-0.15, -0.1) is 0 Å². The molecule has 0 aliphatic rings. The van der Waals surface area contributed by atoms with Crippen molar-refractivity contribution in [1.29, 1.82) is 5.26 Å². The number of carbonyl (C=O) groups is 1. The van der Waals surface area contributed by atoms with E-state index in [2.05, 4.69) is 33.9 Å². The number of fused-ring (bicyclic) bond motifs is 1. The largest absolute Gasteiger partial charge is 0.394 e. The fourth-order valence-corrected chi connectivity index (χ4v) is 5.12. The molecule has 190 valence electrons. The third-order valence-corrected chi connectivity index (χ3v) is 8.10. The van der Waals surface area contributed by atoms with Gasteiger partial charge in [0.05, 0.1) is 40.6 Å². The number of aromatic nitrogens is 2. The van der Waals surface area contributed by atoms with E-state index in [1.165, 1.54) is 18.3 Å². The molecule has 0 aliphatic carbocycles. The molecule has 0 radical (unpaired) electrons. The van der Waals surface area contributed by atoms with Crippen molar-refractivity contribution in [3.8, 4) is 6.07 Å². The third kappa shape index (κ3) is 5.56. The van der Waals surface area contributed by atoms with Crippen molar-refractivity contribution < 1.29 is 18.3 Å². The van der Waals surface area contributed by atoms with Crippen LogP contribution in [0.5, 0.6) is 0 Å². The standard InChI is InChI=1S/C28H28N4O4S/c1-3-32-23(13-19-5-7-20(16-29)8-6-19)15-22-14-21(9-12-27(22)32)28(34)31-26(18-33)25-11-10-24(17-30-25)37(35,36)4-2/h5-12,14-15,17,26,33H,3-4,13,18H2,1-2H3,(H,31,34). The quantitative estimate of drug-likeness (QED) is 0.349. The van der Waals surface area contributed by atoms with Gasteiger partial charge in [-0.25, -0.2) is 8.42 Å². The molecule has 0 spiro atoms. The topological polar surface area (TPSA) is 125 Å². The van der Waals surface area contributed by atoms with Crippen molar-refractivity contribution in [2.24, 2.45) is 0 Å². The Morgan fingerprint density at radius 1 is 1.11 bits per heavy atom. The van der Waals surface area contributed by atoms with Crippen molar-refractivity contribution in [3.05, 3.63) is 94.9 Å². The summed E-state index contributed by atoms with van der Waals surface area (Å²) in [6.45, 7) is 4.00. The molecule has 2 N–H and O–H groups in total. The van der Waals surface area contributed by atoms with Crippen molar-refractivity contribution in [1.82, 2.24) is 14.9 Å². The van der Waals surface area contributed by atoms with E-state index in [1.807, 2.05) is 24.3 Å². The zero-order valence-corrected chi connectivity index (χ0v) is 21.5. The molecule has 2 aromatic carbocycles. The summed E-state index contributed by atoms with van der Waals surface area (Å²) < 4.78 is 26.2. The Morgan fingerprint density at radius 3 is 2.46 bits per heavy atom. The zero-order valence-electron chi connectivity index (χ0n) is 20.7. The van der Waals surface area contributed by atoms with E-state index in [4.69, 9.17) is 5.26 Å². The number of amides is 1. The molecule has 0 saturated heterocycles. The molecule has 0 aliphatic heterocycles. The minimum absolute atomic E-state index is 0.0361. The van der Waals surface area contributed by atoms with Crippen LogP contribution in [0.15, 0.2) is 71.8 Å². The minimum atomic E-state index is -3.39. The lowest BCUT2D eigenvalue weighted by atomic mass is 10.1. The molecular formula is C28H28N4O4S. The average Bonchev–Trinajstić information content (AvgIpc) is 3.28. The fourth-order valence-electron chi connectivity index (χ4n) is 4.30. The van der Waals surface area contributed by atoms with Gasteiger partial charge in [-0.05, 0) is 61.0 Å². The summed E-state index contributed by atoms with van der Waals surface area (Å²) in [5, 5.41) is 22.6. The number of aliphatic hydroxyl groups is 1. The van der Waals surface area contributed by atoms with E-state index >= 15 is 0 Å². The number of nitrogens with zero attached hydrogens (tertiary/aromatic N) is 3. The van der Waals surface area contributed by atoms with Gasteiger partial charge in [0.25, 0.3) is 5.91 Å². The highest BCUT2D eigenvalue weighted by molar-refractivity contribution is 7.91. The number of hydrogen-bond acceptors (Lipinski definition) is 6. The van der Waals surface area contributed by atoms with Crippen molar-refractivity contribution >= 4 is 26.6 Å². The molecule has 0 saturated carbocycles. The van der Waals surface area contributed by atoms with Crippen LogP contribution in [-0.2, 0) is 22.8 Å². The highest BCUT2D eigenvalue weighted by atomic mass is 32.2. The lowest BCUT2D eigenvalue weighted by molar-refractivity contribution is 0.0915. The van der Waals surface area contributed by atoms with Crippen LogP contribution in [0, 0.1) is 11.3 Å². The maximum absolute atomic E-state index is 13.0. The molecule has 9 heteroatoms. The van der Waals surface area contributed by atoms with Crippen LogP contribution < -0.4 is 5.32 Å². The van der Waals surface area contributed by atoms with Crippen LogP contribution in [0.4, 0.5) is 0 Å². The summed E-state index contributed by atoms with van der Waals surface area (Å²) in [4.78, 5) is 17.3. The Labute approximate surface area is 216 Å². The minimum Gasteiger partial charge on any atom is -0.394 e. The predicted molar refractivity (Wildman–Crippen MR) is 141 cm³/mol. The Hall–Kier alpha value is -4.00. The highest BCUT2D eigenvalue weighted by Gasteiger charge is 2.19. The summed E-state index contributed by atoms with van der Waals surface area (Å²) in [5.74, 6) is -0.406. The number of carbonyl (C=O) groups excluding carboxylic acids is 1. The van der Waals surface area contributed by atoms with Crippen molar-refractivity contribution in [3.63, 3.8) is 0 Å². The SMILES string of the molecule is CCn1c(Cc2ccc(C#N)cc2)cc2cc(C(=O)NC(CO)c3ccc(S(=O)(=O)CC)cn3)ccc21. The van der Waals surface area contributed by atoms with E-state index in [9.17, 15) is 18.3 Å². The molecular weight excluding hydrogens is 488 g/mol. The number of aryl methyl sites for hydroxylation is 1. The van der Waals surface area contributed by atoms with Gasteiger partial charge in [0, 0.05) is 41.3 Å². The van der Waals surface area contributed by atoms with Crippen molar-refractivity contribution in [2.45, 2.75) is 37.8 Å². The molecule has 8 nitrogen and oxygen atoms in total. The zero-order chi connectivity index (χ0) is 26.6. The molecule has 1 unspecified atom stereocenters. The maximum atomic E-state index is 13.0. The van der Waals surface area contributed by atoms with E-state index < -0.39 is 15.9 Å². The van der Waals surface area contributed by atoms with Gasteiger partial charge in [-0.1, -0.05) is 19.1 Å². The summed E-state index contributed by atoms with van der Waals surface area (Å²) in [5.41, 5.74) is 4.62. The summed E-state index contributed by atoms with van der Waals surface area (Å²) in [6, 6.07) is 19.3. The number of nitriles is 1. The fraction of sp³-hybridized carbons (Fsp3) is 0.250. The molecule has 37 heavy (non-hydrogen) atoms. The Bertz CT molecular complexity index is 1570. The number of pyridine rings is 1. The van der Waals surface area contributed by atoms with E-state index in [0.29, 0.717) is 23.2 Å². The van der Waals surface area contributed by atoms with Gasteiger partial charge in [0.2, 0.25) is 0 Å². The normalized spacial score (nSPS) is 12.3. The number of nitrogens with one attached hydrogen (secondary N) is 1. The summed E-state index contributed by atoms with van der Waals surface area (Å²) in [6.07, 6.45) is 1.94. The Morgan fingerprint density at radius 2 is 1.86 bits per heavy atom. The van der Waals surface area contributed by atoms with Crippen LogP contribution in [0.2, 0.25) is 0 Å². The van der Waals surface area contributed by atoms with E-state index in [1.54, 1.807) is 25.1 Å². The smallest absolute Gasteiger partial charge is 0.251 e.